The van der Waals surface area contributed by atoms with E-state index in [-0.39, 0.29) is 16.4 Å². The lowest BCUT2D eigenvalue weighted by Crippen LogP contribution is -2.29. The van der Waals surface area contributed by atoms with Gasteiger partial charge in [0.2, 0.25) is 0 Å². The number of aliphatic imine (C=N–C) groups is 1. The van der Waals surface area contributed by atoms with Crippen LogP contribution < -0.4 is 4.74 Å². The van der Waals surface area contributed by atoms with Crippen molar-refractivity contribution in [2.45, 2.75) is 32.1 Å². The van der Waals surface area contributed by atoms with Crippen molar-refractivity contribution in [2.24, 2.45) is 4.99 Å². The summed E-state index contributed by atoms with van der Waals surface area (Å²) in [5, 5.41) is 0. The number of nitrogens with zero attached hydrogens (tertiary/aromatic N) is 1. The zero-order valence-corrected chi connectivity index (χ0v) is 13.8. The molecule has 20 heavy (non-hydrogen) atoms. The van der Waals surface area contributed by atoms with Gasteiger partial charge in [-0.1, -0.05) is 6.07 Å². The molecule has 0 aliphatic rings. The fraction of sp³-hybridized carbons (Fsp3) is 0.462. The van der Waals surface area contributed by atoms with E-state index in [2.05, 4.69) is 25.7 Å². The fourth-order valence-electron chi connectivity index (χ4n) is 1.23. The lowest BCUT2D eigenvalue weighted by molar-refractivity contribution is -0.0499. The standard InChI is InChI=1S/C13H16BrF2NO2S/c1-13(2,3)20(18)8-17-7-9-10(14)5-4-6-11(9)19-12(15)16/h4-7,12H,8H2,1-3H3/b17-7+/t20-/m1/s1. The van der Waals surface area contributed by atoms with Crippen molar-refractivity contribution in [1.82, 2.24) is 0 Å². The van der Waals surface area contributed by atoms with Crippen molar-refractivity contribution < 1.29 is 18.1 Å². The average molecular weight is 368 g/mol. The van der Waals surface area contributed by atoms with Crippen LogP contribution >= 0.6 is 15.9 Å². The lowest BCUT2D eigenvalue weighted by atomic mass is 10.2. The first-order valence-electron chi connectivity index (χ1n) is 5.83. The molecule has 1 aromatic carbocycles. The van der Waals surface area contributed by atoms with Crippen LogP contribution in [0.4, 0.5) is 8.78 Å². The summed E-state index contributed by atoms with van der Waals surface area (Å²) in [5.41, 5.74) is 0.402. The molecule has 7 heteroatoms. The van der Waals surface area contributed by atoms with Crippen LogP contribution in [0.3, 0.4) is 0 Å². The Morgan fingerprint density at radius 2 is 2.10 bits per heavy atom. The number of ether oxygens (including phenoxy) is 1. The zero-order valence-electron chi connectivity index (χ0n) is 11.4. The summed E-state index contributed by atoms with van der Waals surface area (Å²) in [6.45, 7) is 2.65. The van der Waals surface area contributed by atoms with Gasteiger partial charge in [0, 0.05) is 16.3 Å². The number of benzene rings is 1. The van der Waals surface area contributed by atoms with Crippen molar-refractivity contribution in [1.29, 1.82) is 0 Å². The highest BCUT2D eigenvalue weighted by Crippen LogP contribution is 2.26. The van der Waals surface area contributed by atoms with Gasteiger partial charge < -0.3 is 9.29 Å². The second kappa shape index (κ2) is 7.38. The molecule has 1 atom stereocenters. The van der Waals surface area contributed by atoms with Gasteiger partial charge in [-0.05, 0) is 60.0 Å². The highest BCUT2D eigenvalue weighted by molar-refractivity contribution is 9.10. The van der Waals surface area contributed by atoms with E-state index in [0.29, 0.717) is 10.0 Å². The van der Waals surface area contributed by atoms with Crippen LogP contribution in [0, 0.1) is 0 Å². The Balaban J connectivity index is 2.86. The molecule has 1 aromatic rings. The predicted molar refractivity (Wildman–Crippen MR) is 81.1 cm³/mol. The van der Waals surface area contributed by atoms with Gasteiger partial charge in [-0.25, -0.2) is 4.99 Å². The third-order valence-electron chi connectivity index (χ3n) is 2.32. The molecule has 0 aliphatic carbocycles. The molecule has 0 aromatic heterocycles. The molecule has 0 saturated heterocycles. The molecular formula is C13H16BrF2NO2S. The lowest BCUT2D eigenvalue weighted by Gasteiger charge is -2.22. The summed E-state index contributed by atoms with van der Waals surface area (Å²) in [7, 11) is 0. The first kappa shape index (κ1) is 17.4. The van der Waals surface area contributed by atoms with E-state index in [1.54, 1.807) is 12.1 Å². The topological polar surface area (TPSA) is 44.7 Å². The average Bonchev–Trinajstić information content (AvgIpc) is 2.30. The Kier molecular flexibility index (Phi) is 6.42. The molecular weight excluding hydrogens is 352 g/mol. The maximum Gasteiger partial charge on any atom is 0.387 e. The first-order chi connectivity index (χ1) is 9.21. The summed E-state index contributed by atoms with van der Waals surface area (Å²) < 4.78 is 41.1. The third-order valence-corrected chi connectivity index (χ3v) is 4.77. The van der Waals surface area contributed by atoms with Crippen molar-refractivity contribution in [3.05, 3.63) is 28.2 Å². The highest BCUT2D eigenvalue weighted by atomic mass is 79.9. The fourth-order valence-corrected chi connectivity index (χ4v) is 2.28. The van der Waals surface area contributed by atoms with Gasteiger partial charge >= 0.3 is 6.61 Å². The van der Waals surface area contributed by atoms with Crippen molar-refractivity contribution >= 4 is 33.3 Å². The minimum atomic E-state index is -2.90. The van der Waals surface area contributed by atoms with E-state index >= 15 is 0 Å². The van der Waals surface area contributed by atoms with Crippen LogP contribution in [0.2, 0.25) is 0 Å². The van der Waals surface area contributed by atoms with E-state index in [4.69, 9.17) is 0 Å². The molecule has 1 rings (SSSR count). The van der Waals surface area contributed by atoms with Gasteiger partial charge in [0.1, 0.15) is 10.5 Å². The molecule has 0 amide bonds. The Morgan fingerprint density at radius 1 is 1.45 bits per heavy atom. The van der Waals surface area contributed by atoms with Crippen LogP contribution in [0.5, 0.6) is 5.75 Å². The number of hydrogen-bond acceptors (Lipinski definition) is 3. The quantitative estimate of drug-likeness (QED) is 0.583. The molecule has 0 radical (unpaired) electrons. The summed E-state index contributed by atoms with van der Waals surface area (Å²) in [5.74, 6) is 0.138. The van der Waals surface area contributed by atoms with Crippen molar-refractivity contribution in [2.75, 3.05) is 5.88 Å². The number of halogens is 3. The molecule has 0 aliphatic heterocycles. The van der Waals surface area contributed by atoms with Crippen LogP contribution in [0.1, 0.15) is 26.3 Å². The van der Waals surface area contributed by atoms with Gasteiger partial charge in [-0.15, -0.1) is 0 Å². The minimum absolute atomic E-state index is 0.0275. The summed E-state index contributed by atoms with van der Waals surface area (Å²) in [4.78, 5) is 4.06. The van der Waals surface area contributed by atoms with Gasteiger partial charge in [0.05, 0.1) is 0 Å². The number of hydrogen-bond donors (Lipinski definition) is 0. The molecule has 0 N–H and O–H groups in total. The highest BCUT2D eigenvalue weighted by Gasteiger charge is 2.24. The normalized spacial score (nSPS) is 14.0. The predicted octanol–water partition coefficient (Wildman–Crippen LogP) is 3.97. The van der Waals surface area contributed by atoms with Crippen molar-refractivity contribution in [3.8, 4) is 5.75 Å². The smallest absolute Gasteiger partial charge is 0.387 e. The molecule has 0 heterocycles. The van der Waals surface area contributed by atoms with E-state index in [1.807, 2.05) is 20.8 Å². The van der Waals surface area contributed by atoms with E-state index in [9.17, 15) is 13.3 Å². The maximum absolute atomic E-state index is 12.3. The van der Waals surface area contributed by atoms with Crippen molar-refractivity contribution in [3.63, 3.8) is 0 Å². The summed E-state index contributed by atoms with van der Waals surface area (Å²) in [6, 6.07) is 4.71. The zero-order chi connectivity index (χ0) is 15.3. The van der Waals surface area contributed by atoms with Gasteiger partial charge in [-0.3, -0.25) is 0 Å². The monoisotopic (exact) mass is 367 g/mol. The molecule has 0 unspecified atom stereocenters. The van der Waals surface area contributed by atoms with Crippen LogP contribution in [0.25, 0.3) is 0 Å². The van der Waals surface area contributed by atoms with Crippen LogP contribution in [0.15, 0.2) is 27.7 Å². The Morgan fingerprint density at radius 3 is 2.65 bits per heavy atom. The molecule has 0 bridgehead atoms. The largest absolute Gasteiger partial charge is 0.614 e. The van der Waals surface area contributed by atoms with Crippen LogP contribution in [-0.2, 0) is 11.2 Å². The summed E-state index contributed by atoms with van der Waals surface area (Å²) in [6.07, 6.45) is 1.39. The van der Waals surface area contributed by atoms with E-state index in [0.717, 1.165) is 0 Å². The second-order valence-electron chi connectivity index (χ2n) is 4.93. The van der Waals surface area contributed by atoms with E-state index in [1.165, 1.54) is 12.3 Å². The first-order valence-corrected chi connectivity index (χ1v) is 7.94. The van der Waals surface area contributed by atoms with Crippen LogP contribution in [-0.4, -0.2) is 28.0 Å². The number of alkyl halides is 2. The Bertz CT molecular complexity index is 478. The summed E-state index contributed by atoms with van der Waals surface area (Å²) >= 11 is 2.11. The van der Waals surface area contributed by atoms with Gasteiger partial charge in [0.15, 0.2) is 5.88 Å². The van der Waals surface area contributed by atoms with Gasteiger partial charge in [0.25, 0.3) is 0 Å². The minimum Gasteiger partial charge on any atom is -0.614 e. The van der Waals surface area contributed by atoms with Gasteiger partial charge in [-0.2, -0.15) is 8.78 Å². The maximum atomic E-state index is 12.3. The molecule has 3 nitrogen and oxygen atoms in total. The molecule has 0 fully saturated rings. The third kappa shape index (κ3) is 5.38. The molecule has 0 saturated carbocycles. The Hall–Kier alpha value is -0.660. The molecule has 112 valence electrons. The molecule has 0 spiro atoms. The van der Waals surface area contributed by atoms with E-state index < -0.39 is 17.8 Å². The SMILES string of the molecule is CC(C)(C)[S@+]([O-])C/N=C/c1c(Br)cccc1OC(F)F. The Labute approximate surface area is 128 Å². The second-order valence-corrected chi connectivity index (χ2v) is 7.96. The number of rotatable bonds is 5.